The number of hydrogen-bond donors (Lipinski definition) is 1. The Balaban J connectivity index is 3.86. The van der Waals surface area contributed by atoms with E-state index in [1.165, 1.54) is 0 Å². The van der Waals surface area contributed by atoms with Crippen molar-refractivity contribution in [2.24, 2.45) is 5.73 Å². The van der Waals surface area contributed by atoms with Gasteiger partial charge >= 0.3 is 5.97 Å². The highest BCUT2D eigenvalue weighted by atomic mass is 16.6. The Kier molecular flexibility index (Phi) is 3.72. The Bertz CT molecular complexity index is 150. The Morgan fingerprint density at radius 2 is 2.20 bits per heavy atom. The van der Waals surface area contributed by atoms with Crippen molar-refractivity contribution >= 4 is 5.97 Å². The second kappa shape index (κ2) is 4.06. The van der Waals surface area contributed by atoms with Gasteiger partial charge in [-0.15, -0.1) is 0 Å². The van der Waals surface area contributed by atoms with Crippen molar-refractivity contribution in [2.45, 2.75) is 27.0 Å². The highest BCUT2D eigenvalue weighted by Crippen LogP contribution is 1.96. The van der Waals surface area contributed by atoms with Gasteiger partial charge in [-0.3, -0.25) is 5.73 Å². The minimum Gasteiger partial charge on any atom is -0.444 e. The summed E-state index contributed by atoms with van der Waals surface area (Å²) in [4.78, 5) is 10.8. The third kappa shape index (κ3) is 3.25. The summed E-state index contributed by atoms with van der Waals surface area (Å²) in [6.45, 7) is 5.07. The largest absolute Gasteiger partial charge is 0.444 e. The Morgan fingerprint density at radius 3 is 2.50 bits per heavy atom. The van der Waals surface area contributed by atoms with Gasteiger partial charge in [0.15, 0.2) is 0 Å². The summed E-state index contributed by atoms with van der Waals surface area (Å²) in [6, 6.07) is 0. The maximum atomic E-state index is 10.8. The zero-order valence-electron chi connectivity index (χ0n) is 6.55. The normalized spacial score (nSPS) is 14.6. The quantitative estimate of drug-likeness (QED) is 0.353. The standard InChI is InChI=1S/C7H13NO2/c1-4-5(2)7(9)10-6(3)8/h4,6H,8H2,1-3H3/b5-4+. The first kappa shape index (κ1) is 9.17. The van der Waals surface area contributed by atoms with E-state index in [1.807, 2.05) is 0 Å². The molecule has 0 saturated carbocycles. The lowest BCUT2D eigenvalue weighted by Crippen LogP contribution is -2.23. The number of carbonyl (C=O) groups is 1. The van der Waals surface area contributed by atoms with Gasteiger partial charge in [-0.1, -0.05) is 6.08 Å². The lowest BCUT2D eigenvalue weighted by atomic mass is 10.3. The van der Waals surface area contributed by atoms with Gasteiger partial charge in [0.25, 0.3) is 0 Å². The highest BCUT2D eigenvalue weighted by molar-refractivity contribution is 5.87. The molecule has 0 bridgehead atoms. The minimum absolute atomic E-state index is 0.350. The number of nitrogens with two attached hydrogens (primary N) is 1. The molecule has 0 heterocycles. The Morgan fingerprint density at radius 1 is 1.70 bits per heavy atom. The molecule has 0 aromatic carbocycles. The SMILES string of the molecule is C/C=C(\C)C(=O)OC(C)N. The summed E-state index contributed by atoms with van der Waals surface area (Å²) in [7, 11) is 0. The summed E-state index contributed by atoms with van der Waals surface area (Å²) in [5, 5.41) is 0. The van der Waals surface area contributed by atoms with Crippen molar-refractivity contribution < 1.29 is 9.53 Å². The van der Waals surface area contributed by atoms with Crippen LogP contribution >= 0.6 is 0 Å². The second-order valence-corrected chi connectivity index (χ2v) is 2.08. The summed E-state index contributed by atoms with van der Waals surface area (Å²) in [5.41, 5.74) is 5.80. The van der Waals surface area contributed by atoms with E-state index >= 15 is 0 Å². The molecule has 3 nitrogen and oxygen atoms in total. The summed E-state index contributed by atoms with van der Waals surface area (Å²) in [5.74, 6) is -0.350. The van der Waals surface area contributed by atoms with Crippen LogP contribution in [0, 0.1) is 0 Å². The minimum atomic E-state index is -0.526. The molecule has 0 aliphatic heterocycles. The topological polar surface area (TPSA) is 52.3 Å². The number of carbonyl (C=O) groups excluding carboxylic acids is 1. The molecule has 0 aromatic rings. The van der Waals surface area contributed by atoms with Crippen LogP contribution in [0.2, 0.25) is 0 Å². The van der Waals surface area contributed by atoms with E-state index in [4.69, 9.17) is 5.73 Å². The van der Waals surface area contributed by atoms with E-state index in [-0.39, 0.29) is 5.97 Å². The molecule has 10 heavy (non-hydrogen) atoms. The third-order valence-corrected chi connectivity index (χ3v) is 1.05. The van der Waals surface area contributed by atoms with Crippen LogP contribution in [0.1, 0.15) is 20.8 Å². The molecule has 58 valence electrons. The van der Waals surface area contributed by atoms with Gasteiger partial charge in [-0.05, 0) is 20.8 Å². The zero-order valence-corrected chi connectivity index (χ0v) is 6.55. The van der Waals surface area contributed by atoms with Crippen LogP contribution in [0.5, 0.6) is 0 Å². The highest BCUT2D eigenvalue weighted by Gasteiger charge is 2.05. The number of hydrogen-bond acceptors (Lipinski definition) is 3. The predicted molar refractivity (Wildman–Crippen MR) is 39.2 cm³/mol. The van der Waals surface area contributed by atoms with E-state index in [2.05, 4.69) is 4.74 Å². The van der Waals surface area contributed by atoms with Gasteiger partial charge in [0.1, 0.15) is 6.23 Å². The Hall–Kier alpha value is -0.830. The average Bonchev–Trinajstić information content (AvgIpc) is 1.85. The van der Waals surface area contributed by atoms with Crippen molar-refractivity contribution in [1.29, 1.82) is 0 Å². The van der Waals surface area contributed by atoms with E-state index in [9.17, 15) is 4.79 Å². The molecule has 0 spiro atoms. The van der Waals surface area contributed by atoms with E-state index < -0.39 is 6.23 Å². The zero-order chi connectivity index (χ0) is 8.15. The molecule has 0 rings (SSSR count). The van der Waals surface area contributed by atoms with Crippen molar-refractivity contribution in [1.82, 2.24) is 0 Å². The number of ether oxygens (including phenoxy) is 1. The first-order valence-electron chi connectivity index (χ1n) is 3.17. The molecule has 1 unspecified atom stereocenters. The van der Waals surface area contributed by atoms with E-state index in [1.54, 1.807) is 26.8 Å². The maximum Gasteiger partial charge on any atom is 0.334 e. The lowest BCUT2D eigenvalue weighted by molar-refractivity contribution is -0.143. The average molecular weight is 143 g/mol. The Labute approximate surface area is 60.9 Å². The van der Waals surface area contributed by atoms with Gasteiger partial charge < -0.3 is 4.74 Å². The summed E-state index contributed by atoms with van der Waals surface area (Å²) < 4.78 is 4.67. The van der Waals surface area contributed by atoms with E-state index in [0.29, 0.717) is 5.57 Å². The molecule has 2 N–H and O–H groups in total. The molecule has 0 aliphatic carbocycles. The maximum absolute atomic E-state index is 10.8. The molecule has 0 aromatic heterocycles. The summed E-state index contributed by atoms with van der Waals surface area (Å²) in [6.07, 6.45) is 1.16. The van der Waals surface area contributed by atoms with Gasteiger partial charge in [0.05, 0.1) is 0 Å². The van der Waals surface area contributed by atoms with Gasteiger partial charge in [0.2, 0.25) is 0 Å². The van der Waals surface area contributed by atoms with Gasteiger partial charge in [-0.25, -0.2) is 4.79 Å². The second-order valence-electron chi connectivity index (χ2n) is 2.08. The molecule has 0 amide bonds. The molecule has 1 atom stereocenters. The molecular weight excluding hydrogens is 130 g/mol. The summed E-state index contributed by atoms with van der Waals surface area (Å²) >= 11 is 0. The van der Waals surface area contributed by atoms with E-state index in [0.717, 1.165) is 0 Å². The number of esters is 1. The first-order valence-corrected chi connectivity index (χ1v) is 3.17. The number of allylic oxidation sites excluding steroid dienone is 1. The molecule has 0 saturated heterocycles. The molecule has 0 radical (unpaired) electrons. The fraction of sp³-hybridized carbons (Fsp3) is 0.571. The van der Waals surface area contributed by atoms with Crippen LogP contribution in [-0.2, 0) is 9.53 Å². The van der Waals surface area contributed by atoms with Crippen LogP contribution in [0.25, 0.3) is 0 Å². The van der Waals surface area contributed by atoms with Crippen LogP contribution in [0.4, 0.5) is 0 Å². The molecular formula is C7H13NO2. The number of rotatable bonds is 2. The van der Waals surface area contributed by atoms with Crippen LogP contribution < -0.4 is 5.73 Å². The smallest absolute Gasteiger partial charge is 0.334 e. The molecule has 3 heteroatoms. The third-order valence-electron chi connectivity index (χ3n) is 1.05. The van der Waals surface area contributed by atoms with Gasteiger partial charge in [-0.2, -0.15) is 0 Å². The fourth-order valence-corrected chi connectivity index (χ4v) is 0.380. The first-order chi connectivity index (χ1) is 4.57. The molecule has 0 fully saturated rings. The van der Waals surface area contributed by atoms with Crippen LogP contribution in [-0.4, -0.2) is 12.2 Å². The van der Waals surface area contributed by atoms with Crippen LogP contribution in [0.15, 0.2) is 11.6 Å². The van der Waals surface area contributed by atoms with Crippen LogP contribution in [0.3, 0.4) is 0 Å². The van der Waals surface area contributed by atoms with Gasteiger partial charge in [0, 0.05) is 5.57 Å². The lowest BCUT2D eigenvalue weighted by Gasteiger charge is -2.06. The molecule has 0 aliphatic rings. The monoisotopic (exact) mass is 143 g/mol. The van der Waals surface area contributed by atoms with Crippen molar-refractivity contribution in [3.8, 4) is 0 Å². The fourth-order valence-electron chi connectivity index (χ4n) is 0.380. The van der Waals surface area contributed by atoms with Crippen molar-refractivity contribution in [3.63, 3.8) is 0 Å². The van der Waals surface area contributed by atoms with Crippen molar-refractivity contribution in [3.05, 3.63) is 11.6 Å². The van der Waals surface area contributed by atoms with Crippen molar-refractivity contribution in [2.75, 3.05) is 0 Å². The predicted octanol–water partition coefficient (Wildman–Crippen LogP) is 0.800.